The van der Waals surface area contributed by atoms with E-state index < -0.39 is 17.9 Å². The fourth-order valence-corrected chi connectivity index (χ4v) is 4.22. The molecule has 0 aromatic heterocycles. The second kappa shape index (κ2) is 13.7. The Balaban J connectivity index is 0.000000163. The van der Waals surface area contributed by atoms with Crippen molar-refractivity contribution < 1.29 is 46.2 Å². The maximum absolute atomic E-state index is 10.8. The smallest absolute Gasteiger partial charge is 0.545 e. The number of carboxylic acid groups (broad SMARTS) is 3. The minimum Gasteiger partial charge on any atom is -0.545 e. The van der Waals surface area contributed by atoms with E-state index in [9.17, 15) is 24.6 Å². The van der Waals surface area contributed by atoms with Gasteiger partial charge in [-0.1, -0.05) is 121 Å². The summed E-state index contributed by atoms with van der Waals surface area (Å²) in [5.74, 6) is -3.13. The minimum absolute atomic E-state index is 0. The summed E-state index contributed by atoms with van der Waals surface area (Å²) in [5.41, 5.74) is 0.856. The van der Waals surface area contributed by atoms with Gasteiger partial charge in [0.15, 0.2) is 0 Å². The molecule has 40 heavy (non-hydrogen) atoms. The van der Waals surface area contributed by atoms with Crippen molar-refractivity contribution in [3.63, 3.8) is 0 Å². The van der Waals surface area contributed by atoms with Crippen molar-refractivity contribution in [2.24, 2.45) is 0 Å². The Morgan fingerprint density at radius 2 is 0.700 bits per heavy atom. The molecule has 0 saturated carbocycles. The van der Waals surface area contributed by atoms with Crippen LogP contribution in [0.2, 0.25) is 0 Å². The van der Waals surface area contributed by atoms with Crippen molar-refractivity contribution >= 4 is 50.2 Å². The number of carbonyl (C=O) groups excluding carboxylic acids is 2. The summed E-state index contributed by atoms with van der Waals surface area (Å²) in [4.78, 5) is 32.2. The summed E-state index contributed by atoms with van der Waals surface area (Å²) < 4.78 is 0. The molecule has 0 saturated heterocycles. The first-order valence-electron chi connectivity index (χ1n) is 12.0. The molecule has 0 unspecified atom stereocenters. The van der Waals surface area contributed by atoms with Gasteiger partial charge in [-0.3, -0.25) is 0 Å². The van der Waals surface area contributed by atoms with Crippen molar-refractivity contribution in [1.82, 2.24) is 0 Å². The van der Waals surface area contributed by atoms with Gasteiger partial charge in [0.25, 0.3) is 0 Å². The van der Waals surface area contributed by atoms with E-state index in [4.69, 9.17) is 5.11 Å². The third-order valence-electron chi connectivity index (χ3n) is 6.04. The SMILES string of the molecule is O=C(O)c1cccc2ccccc12.O=C([O-])c1cccc2ccccc12.O=C([O-])c1cccc2ccccc12.[Ni+2]. The molecule has 0 radical (unpaired) electrons. The second-order valence-electron chi connectivity index (χ2n) is 8.46. The molecule has 0 aliphatic rings. The van der Waals surface area contributed by atoms with E-state index in [-0.39, 0.29) is 27.6 Å². The van der Waals surface area contributed by atoms with Gasteiger partial charge >= 0.3 is 22.5 Å². The number of fused-ring (bicyclic) bond motifs is 3. The van der Waals surface area contributed by atoms with Crippen molar-refractivity contribution in [3.8, 4) is 0 Å². The third-order valence-corrected chi connectivity index (χ3v) is 6.04. The van der Waals surface area contributed by atoms with Crippen LogP contribution in [0.3, 0.4) is 0 Å². The normalized spacial score (nSPS) is 9.90. The van der Waals surface area contributed by atoms with Gasteiger partial charge in [-0.05, 0) is 38.4 Å². The largest absolute Gasteiger partial charge is 2.00 e. The third kappa shape index (κ3) is 6.90. The molecule has 0 aliphatic carbocycles. The maximum Gasteiger partial charge on any atom is 2.00 e. The maximum atomic E-state index is 10.8. The monoisotopic (exact) mass is 572 g/mol. The molecular weight excluding hydrogens is 551 g/mol. The molecule has 0 spiro atoms. The number of benzene rings is 6. The molecule has 6 aromatic rings. The first-order chi connectivity index (χ1) is 18.9. The van der Waals surface area contributed by atoms with Gasteiger partial charge in [0.1, 0.15) is 0 Å². The van der Waals surface area contributed by atoms with E-state index in [1.807, 2.05) is 78.9 Å². The topological polar surface area (TPSA) is 118 Å². The van der Waals surface area contributed by atoms with Gasteiger partial charge in [-0.25, -0.2) is 4.79 Å². The first kappa shape index (κ1) is 29.6. The standard InChI is InChI=1S/3C11H8O2.Ni/c3*12-11(13)10-7-3-5-8-4-1-2-6-9(8)10;/h3*1-7H,(H,12,13);/q;;;+2/p-2. The Kier molecular flexibility index (Phi) is 10.1. The molecule has 6 rings (SSSR count). The average Bonchev–Trinajstić information content (AvgIpc) is 2.96. The van der Waals surface area contributed by atoms with Crippen LogP contribution in [0.1, 0.15) is 31.1 Å². The van der Waals surface area contributed by atoms with Crippen LogP contribution in [0.15, 0.2) is 127 Å². The van der Waals surface area contributed by atoms with Crippen molar-refractivity contribution in [1.29, 1.82) is 0 Å². The first-order valence-corrected chi connectivity index (χ1v) is 12.0. The van der Waals surface area contributed by atoms with Gasteiger partial charge in [-0.15, -0.1) is 0 Å². The van der Waals surface area contributed by atoms with Crippen LogP contribution in [-0.4, -0.2) is 23.0 Å². The number of carbonyl (C=O) groups is 3. The van der Waals surface area contributed by atoms with Gasteiger partial charge in [0, 0.05) is 11.1 Å². The molecule has 0 fully saturated rings. The zero-order chi connectivity index (χ0) is 27.8. The van der Waals surface area contributed by atoms with Crippen molar-refractivity contribution in [2.45, 2.75) is 0 Å². The molecule has 1 N–H and O–H groups in total. The van der Waals surface area contributed by atoms with Gasteiger partial charge in [0.05, 0.1) is 17.5 Å². The van der Waals surface area contributed by atoms with Gasteiger partial charge in [-0.2, -0.15) is 0 Å². The van der Waals surface area contributed by atoms with Gasteiger partial charge < -0.3 is 24.9 Å². The van der Waals surface area contributed by atoms with Crippen LogP contribution in [0.4, 0.5) is 0 Å². The number of hydrogen-bond acceptors (Lipinski definition) is 5. The number of rotatable bonds is 3. The minimum atomic E-state index is -1.13. The second-order valence-corrected chi connectivity index (χ2v) is 8.46. The summed E-state index contributed by atoms with van der Waals surface area (Å²) in [5, 5.41) is 35.3. The molecule has 0 bridgehead atoms. The van der Waals surface area contributed by atoms with E-state index in [1.54, 1.807) is 48.5 Å². The molecule has 0 atom stereocenters. The van der Waals surface area contributed by atoms with Crippen LogP contribution in [0.25, 0.3) is 32.3 Å². The molecule has 7 heteroatoms. The van der Waals surface area contributed by atoms with E-state index in [0.29, 0.717) is 5.56 Å². The average molecular weight is 573 g/mol. The van der Waals surface area contributed by atoms with E-state index in [1.165, 1.54) is 0 Å². The summed E-state index contributed by atoms with van der Waals surface area (Å²) >= 11 is 0. The zero-order valence-corrected chi connectivity index (χ0v) is 21.9. The van der Waals surface area contributed by atoms with Crippen molar-refractivity contribution in [3.05, 3.63) is 144 Å². The Morgan fingerprint density at radius 3 is 1.02 bits per heavy atom. The Bertz CT molecular complexity index is 1580. The number of carboxylic acids is 3. The van der Waals surface area contributed by atoms with Crippen molar-refractivity contribution in [2.75, 3.05) is 0 Å². The van der Waals surface area contributed by atoms with E-state index >= 15 is 0 Å². The predicted octanol–water partition coefficient (Wildman–Crippen LogP) is 4.94. The van der Waals surface area contributed by atoms with Gasteiger partial charge in [0.2, 0.25) is 0 Å². The van der Waals surface area contributed by atoms with Crippen LogP contribution in [-0.2, 0) is 16.5 Å². The summed E-state index contributed by atoms with van der Waals surface area (Å²) in [6.45, 7) is 0. The molecule has 0 heterocycles. The molecule has 0 amide bonds. The van der Waals surface area contributed by atoms with Crippen LogP contribution in [0, 0.1) is 0 Å². The summed E-state index contributed by atoms with van der Waals surface area (Å²) in [6.07, 6.45) is 0. The Hall–Kier alpha value is -5.00. The fourth-order valence-electron chi connectivity index (χ4n) is 4.22. The Labute approximate surface area is 240 Å². The number of hydrogen-bond donors (Lipinski definition) is 1. The predicted molar refractivity (Wildman–Crippen MR) is 147 cm³/mol. The molecule has 6 aromatic carbocycles. The molecule has 6 nitrogen and oxygen atoms in total. The quantitative estimate of drug-likeness (QED) is 0.300. The fraction of sp³-hybridized carbons (Fsp3) is 0. The van der Waals surface area contributed by atoms with E-state index in [2.05, 4.69) is 0 Å². The summed E-state index contributed by atoms with van der Waals surface area (Å²) in [6, 6.07) is 37.7. The van der Waals surface area contributed by atoms with E-state index in [0.717, 1.165) is 32.3 Å². The number of aromatic carboxylic acids is 3. The zero-order valence-electron chi connectivity index (χ0n) is 20.9. The van der Waals surface area contributed by atoms with Crippen LogP contribution < -0.4 is 10.2 Å². The molecular formula is C33H22NiO6. The van der Waals surface area contributed by atoms with Crippen LogP contribution in [0.5, 0.6) is 0 Å². The molecule has 0 aliphatic heterocycles. The van der Waals surface area contributed by atoms with Crippen LogP contribution >= 0.6 is 0 Å². The molecule has 200 valence electrons. The Morgan fingerprint density at radius 1 is 0.425 bits per heavy atom. The summed E-state index contributed by atoms with van der Waals surface area (Å²) in [7, 11) is 0.